The first-order valence-electron chi connectivity index (χ1n) is 9.86. The van der Waals surface area contributed by atoms with Gasteiger partial charge in [-0.3, -0.25) is 4.79 Å². The van der Waals surface area contributed by atoms with E-state index in [1.165, 1.54) is 77.0 Å². The van der Waals surface area contributed by atoms with Crippen LogP contribution in [0.5, 0.6) is 0 Å². The molecule has 2 nitrogen and oxygen atoms in total. The fourth-order valence-corrected chi connectivity index (χ4v) is 2.84. The molecular weight excluding hydrogens is 352 g/mol. The summed E-state index contributed by atoms with van der Waals surface area (Å²) in [6.07, 6.45) is 18.3. The van der Waals surface area contributed by atoms with E-state index >= 15 is 0 Å². The number of aliphatic carboxylic acids is 1. The number of unbranched alkanes of at least 4 members (excludes halogenated alkanes) is 8. The van der Waals surface area contributed by atoms with E-state index in [0.29, 0.717) is 0 Å². The molecule has 0 fully saturated rings. The molecule has 0 aliphatic heterocycles. The first-order chi connectivity index (χ1) is 11.1. The van der Waals surface area contributed by atoms with Gasteiger partial charge in [0.15, 0.2) is 0 Å². The summed E-state index contributed by atoms with van der Waals surface area (Å²) in [6.45, 7) is 7.03. The van der Waals surface area contributed by atoms with Crippen molar-refractivity contribution in [2.45, 2.75) is 111 Å². The van der Waals surface area contributed by atoms with E-state index in [1.54, 1.807) is 0 Å². The molecule has 140 valence electrons. The second-order valence-corrected chi connectivity index (χ2v) is 7.49. The minimum atomic E-state index is -0.723. The number of carboxylic acid groups (broad SMARTS) is 1. The molecule has 0 amide bonds. The Hall–Kier alpha value is -0.0500. The average molecular weight is 393 g/mol. The van der Waals surface area contributed by atoms with Crippen molar-refractivity contribution >= 4 is 21.9 Å². The lowest BCUT2D eigenvalue weighted by atomic mass is 9.96. The summed E-state index contributed by atoms with van der Waals surface area (Å²) in [4.78, 5) is 9.74. The number of halogens is 1. The Morgan fingerprint density at radius 1 is 0.826 bits per heavy atom. The zero-order valence-electron chi connectivity index (χ0n) is 15.9. The molecule has 0 aromatic carbocycles. The topological polar surface area (TPSA) is 37.3 Å². The molecule has 0 aliphatic rings. The highest BCUT2D eigenvalue weighted by Gasteiger charge is 2.01. The molecule has 3 heteroatoms. The third-order valence-corrected chi connectivity index (χ3v) is 4.69. The summed E-state index contributed by atoms with van der Waals surface area (Å²) in [7, 11) is 0. The Morgan fingerprint density at radius 2 is 1.26 bits per heavy atom. The maximum atomic E-state index is 9.74. The zero-order valence-corrected chi connectivity index (χ0v) is 17.5. The van der Waals surface area contributed by atoms with Gasteiger partial charge in [0.2, 0.25) is 0 Å². The third kappa shape index (κ3) is 27.1. The lowest BCUT2D eigenvalue weighted by Gasteiger charge is -2.10. The van der Waals surface area contributed by atoms with E-state index in [1.807, 2.05) is 0 Å². The lowest BCUT2D eigenvalue weighted by Crippen LogP contribution is -1.95. The normalized spacial score (nSPS) is 10.5. The van der Waals surface area contributed by atoms with Crippen LogP contribution >= 0.6 is 15.9 Å². The Bertz CT molecular complexity index is 218. The molecule has 1 N–H and O–H groups in total. The Balaban J connectivity index is 0. The summed E-state index contributed by atoms with van der Waals surface area (Å²) >= 11 is 3.11. The van der Waals surface area contributed by atoms with Gasteiger partial charge in [-0.15, -0.1) is 0 Å². The average Bonchev–Trinajstić information content (AvgIpc) is 2.53. The van der Waals surface area contributed by atoms with Gasteiger partial charge in [-0.1, -0.05) is 114 Å². The first-order valence-corrected chi connectivity index (χ1v) is 11.0. The number of carbonyl (C=O) groups is 1. The minimum Gasteiger partial charge on any atom is -0.481 e. The molecule has 0 aromatic heterocycles. The number of hydrogen-bond donors (Lipinski definition) is 1. The third-order valence-electron chi connectivity index (χ3n) is 4.13. The maximum Gasteiger partial charge on any atom is 0.303 e. The molecule has 0 saturated carbocycles. The monoisotopic (exact) mass is 392 g/mol. The van der Waals surface area contributed by atoms with E-state index in [2.05, 4.69) is 36.7 Å². The first kappa shape index (κ1) is 25.2. The van der Waals surface area contributed by atoms with Gasteiger partial charge in [-0.2, -0.15) is 0 Å². The van der Waals surface area contributed by atoms with Crippen molar-refractivity contribution in [3.8, 4) is 0 Å². The van der Waals surface area contributed by atoms with Crippen LogP contribution in [0.3, 0.4) is 0 Å². The molecule has 23 heavy (non-hydrogen) atoms. The van der Waals surface area contributed by atoms with Crippen molar-refractivity contribution in [2.75, 3.05) is 5.33 Å². The van der Waals surface area contributed by atoms with Crippen LogP contribution < -0.4 is 0 Å². The van der Waals surface area contributed by atoms with Crippen LogP contribution in [-0.2, 0) is 4.79 Å². The van der Waals surface area contributed by atoms with E-state index in [9.17, 15) is 4.79 Å². The van der Waals surface area contributed by atoms with Gasteiger partial charge in [0.1, 0.15) is 0 Å². The van der Waals surface area contributed by atoms with Crippen LogP contribution in [0.15, 0.2) is 0 Å². The van der Waals surface area contributed by atoms with E-state index in [4.69, 9.17) is 5.11 Å². The van der Waals surface area contributed by atoms with Crippen LogP contribution in [0, 0.1) is 5.92 Å². The van der Waals surface area contributed by atoms with Crippen LogP contribution in [0.1, 0.15) is 111 Å². The minimum absolute atomic E-state index is 0.269. The highest BCUT2D eigenvalue weighted by Crippen LogP contribution is 2.17. The molecule has 0 saturated heterocycles. The fraction of sp³-hybridized carbons (Fsp3) is 0.950. The van der Waals surface area contributed by atoms with Crippen molar-refractivity contribution in [1.82, 2.24) is 0 Å². The summed E-state index contributed by atoms with van der Waals surface area (Å²) in [5.41, 5.74) is 0. The smallest absolute Gasteiger partial charge is 0.303 e. The van der Waals surface area contributed by atoms with Crippen LogP contribution in [0.2, 0.25) is 0 Å². The van der Waals surface area contributed by atoms with E-state index in [0.717, 1.165) is 17.7 Å². The standard InChI is InChI=1S/C16H34.C4H7BrO2/c1-4-6-8-10-12-14-16(3)15-13-11-9-7-5-2;5-3-1-2-4(6)7/h16H,4-15H2,1-3H3;1-3H2,(H,6,7). The highest BCUT2D eigenvalue weighted by molar-refractivity contribution is 9.09. The number of hydrogen-bond acceptors (Lipinski definition) is 1. The highest BCUT2D eigenvalue weighted by atomic mass is 79.9. The second kappa shape index (κ2) is 21.9. The van der Waals surface area contributed by atoms with Gasteiger partial charge in [0.05, 0.1) is 0 Å². The van der Waals surface area contributed by atoms with Gasteiger partial charge >= 0.3 is 5.97 Å². The van der Waals surface area contributed by atoms with Crippen molar-refractivity contribution in [1.29, 1.82) is 0 Å². The largest absolute Gasteiger partial charge is 0.481 e. The summed E-state index contributed by atoms with van der Waals surface area (Å²) in [5.74, 6) is 0.253. The van der Waals surface area contributed by atoms with Crippen molar-refractivity contribution in [3.63, 3.8) is 0 Å². The number of carboxylic acids is 1. The van der Waals surface area contributed by atoms with E-state index < -0.39 is 5.97 Å². The summed E-state index contributed by atoms with van der Waals surface area (Å²) in [6, 6.07) is 0. The van der Waals surface area contributed by atoms with Gasteiger partial charge < -0.3 is 5.11 Å². The summed E-state index contributed by atoms with van der Waals surface area (Å²) in [5, 5.41) is 8.80. The number of rotatable bonds is 15. The van der Waals surface area contributed by atoms with Gasteiger partial charge in [0.25, 0.3) is 0 Å². The van der Waals surface area contributed by atoms with Crippen molar-refractivity contribution < 1.29 is 9.90 Å². The Morgan fingerprint density at radius 3 is 1.57 bits per heavy atom. The maximum absolute atomic E-state index is 9.74. The lowest BCUT2D eigenvalue weighted by molar-refractivity contribution is -0.137. The molecule has 0 spiro atoms. The fourth-order valence-electron chi connectivity index (χ4n) is 2.56. The van der Waals surface area contributed by atoms with Gasteiger partial charge in [-0.05, 0) is 12.3 Å². The predicted molar refractivity (Wildman–Crippen MR) is 107 cm³/mol. The summed E-state index contributed by atoms with van der Waals surface area (Å²) < 4.78 is 0. The molecule has 0 unspecified atom stereocenters. The molecule has 0 aromatic rings. The second-order valence-electron chi connectivity index (χ2n) is 6.70. The van der Waals surface area contributed by atoms with Crippen LogP contribution in [0.4, 0.5) is 0 Å². The quantitative estimate of drug-likeness (QED) is 0.230. The molecule has 0 heterocycles. The number of alkyl halides is 1. The Labute approximate surface area is 154 Å². The van der Waals surface area contributed by atoms with E-state index in [-0.39, 0.29) is 6.42 Å². The molecule has 0 radical (unpaired) electrons. The van der Waals surface area contributed by atoms with Gasteiger partial charge in [-0.25, -0.2) is 0 Å². The van der Waals surface area contributed by atoms with Crippen LogP contribution in [0.25, 0.3) is 0 Å². The van der Waals surface area contributed by atoms with Crippen molar-refractivity contribution in [2.24, 2.45) is 5.92 Å². The molecule has 0 atom stereocenters. The molecular formula is C20H41BrO2. The molecule has 0 aliphatic carbocycles. The Kier molecular flexibility index (Phi) is 24.0. The van der Waals surface area contributed by atoms with Gasteiger partial charge in [0, 0.05) is 11.8 Å². The zero-order chi connectivity index (χ0) is 17.8. The molecule has 0 rings (SSSR count). The SMILES string of the molecule is CCCCCCCC(C)CCCCCCC.O=C(O)CCCBr. The molecule has 0 bridgehead atoms. The predicted octanol–water partition coefficient (Wildman–Crippen LogP) is 7.59. The van der Waals surface area contributed by atoms with Crippen molar-refractivity contribution in [3.05, 3.63) is 0 Å². The van der Waals surface area contributed by atoms with Crippen LogP contribution in [-0.4, -0.2) is 16.4 Å².